The molecule has 0 radical (unpaired) electrons. The molecule has 0 aliphatic carbocycles. The lowest BCUT2D eigenvalue weighted by molar-refractivity contribution is -0.143. The van der Waals surface area contributed by atoms with Crippen LogP contribution in [0.4, 0.5) is 0 Å². The summed E-state index contributed by atoms with van der Waals surface area (Å²) in [7, 11) is 0. The smallest absolute Gasteiger partial charge is 0.305 e. The van der Waals surface area contributed by atoms with E-state index >= 15 is 0 Å². The molecule has 2 aliphatic rings. The molecular weight excluding hydrogens is 346 g/mol. The molecule has 1 aromatic rings. The number of ether oxygens (including phenoxy) is 2. The highest BCUT2D eigenvalue weighted by Crippen LogP contribution is 2.31. The number of amides is 1. The van der Waals surface area contributed by atoms with Crippen LogP contribution in [0.25, 0.3) is 0 Å². The SMILES string of the molecule is O=C(O)CCN(C(=O)[C@@H]1COc2ccc(Cl)cc2C1)C1CCOCC1. The van der Waals surface area contributed by atoms with E-state index in [-0.39, 0.29) is 30.8 Å². The first kappa shape index (κ1) is 18.0. The highest BCUT2D eigenvalue weighted by molar-refractivity contribution is 6.30. The van der Waals surface area contributed by atoms with E-state index in [4.69, 9.17) is 26.2 Å². The van der Waals surface area contributed by atoms with E-state index in [1.807, 2.05) is 12.1 Å². The summed E-state index contributed by atoms with van der Waals surface area (Å²) < 4.78 is 11.1. The molecule has 1 saturated heterocycles. The third kappa shape index (κ3) is 4.44. The molecule has 0 saturated carbocycles. The van der Waals surface area contributed by atoms with Gasteiger partial charge in [-0.15, -0.1) is 0 Å². The van der Waals surface area contributed by atoms with Gasteiger partial charge >= 0.3 is 5.97 Å². The van der Waals surface area contributed by atoms with Crippen molar-refractivity contribution in [1.82, 2.24) is 4.90 Å². The van der Waals surface area contributed by atoms with Crippen LogP contribution in [0.3, 0.4) is 0 Å². The Morgan fingerprint density at radius 1 is 1.28 bits per heavy atom. The quantitative estimate of drug-likeness (QED) is 0.864. The predicted molar refractivity (Wildman–Crippen MR) is 91.9 cm³/mol. The summed E-state index contributed by atoms with van der Waals surface area (Å²) in [5, 5.41) is 9.63. The van der Waals surface area contributed by atoms with Gasteiger partial charge in [-0.25, -0.2) is 0 Å². The van der Waals surface area contributed by atoms with Crippen molar-refractivity contribution in [3.63, 3.8) is 0 Å². The molecule has 3 rings (SSSR count). The van der Waals surface area contributed by atoms with Crippen LogP contribution in [0, 0.1) is 5.92 Å². The molecule has 25 heavy (non-hydrogen) atoms. The van der Waals surface area contributed by atoms with Gasteiger partial charge in [0.2, 0.25) is 5.91 Å². The van der Waals surface area contributed by atoms with E-state index in [9.17, 15) is 9.59 Å². The molecule has 2 heterocycles. The summed E-state index contributed by atoms with van der Waals surface area (Å²) in [6.45, 7) is 1.72. The highest BCUT2D eigenvalue weighted by atomic mass is 35.5. The summed E-state index contributed by atoms with van der Waals surface area (Å²) in [4.78, 5) is 25.8. The Hall–Kier alpha value is -1.79. The predicted octanol–water partition coefficient (Wildman–Crippen LogP) is 2.37. The second-order valence-electron chi connectivity index (χ2n) is 6.48. The minimum atomic E-state index is -0.901. The van der Waals surface area contributed by atoms with Gasteiger partial charge in [0.05, 0.1) is 12.3 Å². The Morgan fingerprint density at radius 3 is 2.76 bits per heavy atom. The van der Waals surface area contributed by atoms with Crippen LogP contribution in [0.15, 0.2) is 18.2 Å². The fourth-order valence-corrected chi connectivity index (χ4v) is 3.64. The van der Waals surface area contributed by atoms with Crippen LogP contribution in [0.2, 0.25) is 5.02 Å². The van der Waals surface area contributed by atoms with Crippen LogP contribution in [0.5, 0.6) is 5.75 Å². The molecule has 2 aliphatic heterocycles. The van der Waals surface area contributed by atoms with E-state index in [1.165, 1.54) is 0 Å². The lowest BCUT2D eigenvalue weighted by Crippen LogP contribution is -2.49. The Balaban J connectivity index is 1.73. The second kappa shape index (κ2) is 8.06. The molecule has 1 atom stereocenters. The molecule has 0 spiro atoms. The largest absolute Gasteiger partial charge is 0.492 e. The van der Waals surface area contributed by atoms with E-state index in [1.54, 1.807) is 11.0 Å². The van der Waals surface area contributed by atoms with Crippen molar-refractivity contribution in [3.8, 4) is 5.75 Å². The van der Waals surface area contributed by atoms with Crippen LogP contribution >= 0.6 is 11.6 Å². The van der Waals surface area contributed by atoms with Gasteiger partial charge < -0.3 is 19.5 Å². The average molecular weight is 368 g/mol. The van der Waals surface area contributed by atoms with Gasteiger partial charge in [0.1, 0.15) is 12.4 Å². The maximum absolute atomic E-state index is 13.1. The molecule has 1 amide bonds. The number of rotatable bonds is 5. The van der Waals surface area contributed by atoms with E-state index < -0.39 is 5.97 Å². The summed E-state index contributed by atoms with van der Waals surface area (Å²) >= 11 is 6.04. The first-order chi connectivity index (χ1) is 12.0. The summed E-state index contributed by atoms with van der Waals surface area (Å²) in [6, 6.07) is 5.44. The average Bonchev–Trinajstić information content (AvgIpc) is 2.61. The third-order valence-corrected chi connectivity index (χ3v) is 4.99. The van der Waals surface area contributed by atoms with Crippen LogP contribution in [-0.2, 0) is 20.7 Å². The highest BCUT2D eigenvalue weighted by Gasteiger charge is 2.34. The monoisotopic (exact) mass is 367 g/mol. The number of fused-ring (bicyclic) bond motifs is 1. The van der Waals surface area contributed by atoms with Gasteiger partial charge in [-0.3, -0.25) is 9.59 Å². The topological polar surface area (TPSA) is 76.1 Å². The molecule has 1 fully saturated rings. The summed E-state index contributed by atoms with van der Waals surface area (Å²) in [5.41, 5.74) is 0.919. The first-order valence-electron chi connectivity index (χ1n) is 8.56. The van der Waals surface area contributed by atoms with E-state index in [0.29, 0.717) is 31.3 Å². The number of benzene rings is 1. The van der Waals surface area contributed by atoms with Crippen molar-refractivity contribution < 1.29 is 24.2 Å². The number of carboxylic acid groups (broad SMARTS) is 1. The second-order valence-corrected chi connectivity index (χ2v) is 6.92. The van der Waals surface area contributed by atoms with E-state index in [0.717, 1.165) is 24.2 Å². The van der Waals surface area contributed by atoms with Gasteiger partial charge in [0.25, 0.3) is 0 Å². The number of carbonyl (C=O) groups is 2. The maximum Gasteiger partial charge on any atom is 0.305 e. The normalized spacial score (nSPS) is 20.4. The van der Waals surface area contributed by atoms with Crippen LogP contribution in [0.1, 0.15) is 24.8 Å². The minimum Gasteiger partial charge on any atom is -0.492 e. The van der Waals surface area contributed by atoms with Crippen molar-refractivity contribution in [3.05, 3.63) is 28.8 Å². The number of hydrogen-bond donors (Lipinski definition) is 1. The summed E-state index contributed by atoms with van der Waals surface area (Å²) in [6.07, 6.45) is 1.98. The van der Waals surface area contributed by atoms with Gasteiger partial charge in [0.15, 0.2) is 0 Å². The van der Waals surface area contributed by atoms with Crippen molar-refractivity contribution in [1.29, 1.82) is 0 Å². The number of aliphatic carboxylic acids is 1. The Bertz CT molecular complexity index is 644. The third-order valence-electron chi connectivity index (χ3n) is 4.76. The standard InChI is InChI=1S/C18H22ClNO5/c19-14-1-2-16-12(10-14)9-13(11-25-16)18(23)20(6-3-17(21)22)15-4-7-24-8-5-15/h1-2,10,13,15H,3-9,11H2,(H,21,22)/t13-/m0/s1. The molecule has 0 unspecified atom stereocenters. The number of halogens is 1. The molecule has 0 bridgehead atoms. The molecule has 7 heteroatoms. The Labute approximate surface area is 151 Å². The molecule has 1 aromatic carbocycles. The fraction of sp³-hybridized carbons (Fsp3) is 0.556. The number of nitrogens with zero attached hydrogens (tertiary/aromatic N) is 1. The van der Waals surface area contributed by atoms with Gasteiger partial charge in [-0.1, -0.05) is 11.6 Å². The molecular formula is C18H22ClNO5. The van der Waals surface area contributed by atoms with Crippen LogP contribution < -0.4 is 4.74 Å². The Kier molecular flexibility index (Phi) is 5.81. The molecule has 1 N–H and O–H groups in total. The first-order valence-corrected chi connectivity index (χ1v) is 8.93. The number of carboxylic acids is 1. The zero-order valence-corrected chi connectivity index (χ0v) is 14.7. The van der Waals surface area contributed by atoms with Crippen LogP contribution in [-0.4, -0.2) is 54.3 Å². The number of hydrogen-bond acceptors (Lipinski definition) is 4. The maximum atomic E-state index is 13.1. The minimum absolute atomic E-state index is 0.0290. The van der Waals surface area contributed by atoms with Crippen molar-refractivity contribution in [2.24, 2.45) is 5.92 Å². The lowest BCUT2D eigenvalue weighted by atomic mass is 9.94. The Morgan fingerprint density at radius 2 is 2.04 bits per heavy atom. The number of carbonyl (C=O) groups excluding carboxylic acids is 1. The van der Waals surface area contributed by atoms with Crippen molar-refractivity contribution in [2.75, 3.05) is 26.4 Å². The van der Waals surface area contributed by atoms with Gasteiger partial charge in [0, 0.05) is 30.8 Å². The molecule has 0 aromatic heterocycles. The van der Waals surface area contributed by atoms with Gasteiger partial charge in [-0.2, -0.15) is 0 Å². The van der Waals surface area contributed by atoms with Crippen molar-refractivity contribution >= 4 is 23.5 Å². The van der Waals surface area contributed by atoms with Crippen molar-refractivity contribution in [2.45, 2.75) is 31.7 Å². The molecule has 136 valence electrons. The summed E-state index contributed by atoms with van der Waals surface area (Å²) in [5.74, 6) is -0.500. The zero-order valence-electron chi connectivity index (χ0n) is 13.9. The lowest BCUT2D eigenvalue weighted by Gasteiger charge is -2.37. The van der Waals surface area contributed by atoms with E-state index in [2.05, 4.69) is 0 Å². The molecule has 6 nitrogen and oxygen atoms in total. The zero-order chi connectivity index (χ0) is 17.8. The van der Waals surface area contributed by atoms with Gasteiger partial charge in [-0.05, 0) is 43.0 Å². The fourth-order valence-electron chi connectivity index (χ4n) is 3.44.